The molecule has 0 amide bonds. The first kappa shape index (κ1) is 7.72. The zero-order valence-electron chi connectivity index (χ0n) is 5.73. The fraction of sp³-hybridized carbons (Fsp3) is 0.714. The van der Waals surface area contributed by atoms with Crippen LogP contribution in [0.1, 0.15) is 6.42 Å². The largest absolute Gasteiger partial charge is 0.394 e. The summed E-state index contributed by atoms with van der Waals surface area (Å²) in [4.78, 5) is 0. The molecule has 58 valence electrons. The highest BCUT2D eigenvalue weighted by Gasteiger charge is 2.15. The molecule has 0 aliphatic carbocycles. The van der Waals surface area contributed by atoms with Gasteiger partial charge in [0, 0.05) is 0 Å². The monoisotopic (exact) mass is 144 g/mol. The lowest BCUT2D eigenvalue weighted by Gasteiger charge is -2.22. The van der Waals surface area contributed by atoms with Crippen molar-refractivity contribution in [3.8, 4) is 0 Å². The minimum absolute atomic E-state index is 0.00694. The summed E-state index contributed by atoms with van der Waals surface area (Å²) in [6.07, 6.45) is 4.14. The van der Waals surface area contributed by atoms with Crippen molar-refractivity contribution in [1.29, 1.82) is 0 Å². The Labute approximate surface area is 59.9 Å². The Morgan fingerprint density at radius 2 is 2.20 bits per heavy atom. The molecule has 2 atom stereocenters. The van der Waals surface area contributed by atoms with Gasteiger partial charge in [-0.25, -0.2) is 0 Å². The van der Waals surface area contributed by atoms with Crippen LogP contribution in [0, 0.1) is 0 Å². The summed E-state index contributed by atoms with van der Waals surface area (Å²) in [6, 6.07) is 0. The van der Waals surface area contributed by atoms with E-state index in [2.05, 4.69) is 0 Å². The first-order chi connectivity index (χ1) is 4.86. The van der Waals surface area contributed by atoms with Crippen molar-refractivity contribution in [2.45, 2.75) is 18.6 Å². The second kappa shape index (κ2) is 3.71. The fourth-order valence-corrected chi connectivity index (χ4v) is 0.952. The summed E-state index contributed by atoms with van der Waals surface area (Å²) in [5, 5.41) is 17.3. The Kier molecular flexibility index (Phi) is 2.86. The zero-order chi connectivity index (χ0) is 7.40. The molecule has 2 unspecified atom stereocenters. The van der Waals surface area contributed by atoms with E-state index in [4.69, 9.17) is 14.9 Å². The van der Waals surface area contributed by atoms with Crippen LogP contribution in [0.25, 0.3) is 0 Å². The molecule has 0 spiro atoms. The molecule has 1 heterocycles. The van der Waals surface area contributed by atoms with Crippen molar-refractivity contribution < 1.29 is 14.9 Å². The fourth-order valence-electron chi connectivity index (χ4n) is 0.952. The van der Waals surface area contributed by atoms with Crippen LogP contribution in [0.4, 0.5) is 0 Å². The molecule has 0 aromatic carbocycles. The van der Waals surface area contributed by atoms with Gasteiger partial charge in [-0.05, 0) is 6.42 Å². The topological polar surface area (TPSA) is 49.7 Å². The van der Waals surface area contributed by atoms with Crippen LogP contribution < -0.4 is 0 Å². The third-order valence-electron chi connectivity index (χ3n) is 1.50. The maximum absolute atomic E-state index is 8.66. The van der Waals surface area contributed by atoms with Gasteiger partial charge in [0.25, 0.3) is 0 Å². The van der Waals surface area contributed by atoms with E-state index in [0.717, 1.165) is 6.42 Å². The molecular formula is C7H12O3. The van der Waals surface area contributed by atoms with E-state index in [1.165, 1.54) is 0 Å². The van der Waals surface area contributed by atoms with Crippen molar-refractivity contribution in [2.75, 3.05) is 13.2 Å². The lowest BCUT2D eigenvalue weighted by atomic mass is 10.1. The smallest absolute Gasteiger partial charge is 0.0991 e. The number of aliphatic hydroxyl groups is 2. The van der Waals surface area contributed by atoms with Crippen LogP contribution >= 0.6 is 0 Å². The maximum Gasteiger partial charge on any atom is 0.0991 e. The van der Waals surface area contributed by atoms with Crippen molar-refractivity contribution in [3.05, 3.63) is 12.2 Å². The molecule has 1 aliphatic heterocycles. The minimum Gasteiger partial charge on any atom is -0.394 e. The van der Waals surface area contributed by atoms with E-state index in [1.807, 2.05) is 12.2 Å². The molecule has 0 bridgehead atoms. The molecule has 10 heavy (non-hydrogen) atoms. The molecule has 1 rings (SSSR count). The summed E-state index contributed by atoms with van der Waals surface area (Å²) in [5.74, 6) is 0. The Balaban J connectivity index is 2.38. The third kappa shape index (κ3) is 1.80. The highest BCUT2D eigenvalue weighted by atomic mass is 16.5. The van der Waals surface area contributed by atoms with Crippen molar-refractivity contribution >= 4 is 0 Å². The van der Waals surface area contributed by atoms with E-state index < -0.39 is 0 Å². The molecule has 1 aliphatic rings. The summed E-state index contributed by atoms with van der Waals surface area (Å²) in [5.41, 5.74) is 0. The Morgan fingerprint density at radius 3 is 2.80 bits per heavy atom. The average Bonchev–Trinajstić information content (AvgIpc) is 2.05. The predicted octanol–water partition coefficient (Wildman–Crippen LogP) is -0.315. The Bertz CT molecular complexity index is 122. The lowest BCUT2D eigenvalue weighted by molar-refractivity contribution is -0.0438. The quantitative estimate of drug-likeness (QED) is 0.522. The maximum atomic E-state index is 8.66. The molecule has 0 fully saturated rings. The minimum atomic E-state index is -0.217. The van der Waals surface area contributed by atoms with E-state index in [9.17, 15) is 0 Å². The van der Waals surface area contributed by atoms with Gasteiger partial charge in [-0.1, -0.05) is 12.2 Å². The number of hydrogen-bond acceptors (Lipinski definition) is 3. The second-order valence-electron chi connectivity index (χ2n) is 2.33. The van der Waals surface area contributed by atoms with Crippen LogP contribution in [0.3, 0.4) is 0 Å². The molecule has 3 nitrogen and oxygen atoms in total. The molecular weight excluding hydrogens is 132 g/mol. The van der Waals surface area contributed by atoms with Gasteiger partial charge in [-0.2, -0.15) is 0 Å². The SMILES string of the molecule is OCC1C=CCC(CO)O1. The van der Waals surface area contributed by atoms with Crippen LogP contribution in [-0.2, 0) is 4.74 Å². The number of ether oxygens (including phenoxy) is 1. The molecule has 2 N–H and O–H groups in total. The average molecular weight is 144 g/mol. The lowest BCUT2D eigenvalue weighted by Crippen LogP contribution is -2.28. The van der Waals surface area contributed by atoms with Gasteiger partial charge in [-0.3, -0.25) is 0 Å². The van der Waals surface area contributed by atoms with E-state index in [1.54, 1.807) is 0 Å². The highest BCUT2D eigenvalue weighted by molar-refractivity contribution is 4.95. The van der Waals surface area contributed by atoms with Gasteiger partial charge >= 0.3 is 0 Å². The number of aliphatic hydroxyl groups excluding tert-OH is 2. The van der Waals surface area contributed by atoms with Crippen molar-refractivity contribution in [3.63, 3.8) is 0 Å². The summed E-state index contributed by atoms with van der Waals surface area (Å²) in [7, 11) is 0. The van der Waals surface area contributed by atoms with Gasteiger partial charge < -0.3 is 14.9 Å². The van der Waals surface area contributed by atoms with Gasteiger partial charge in [0.05, 0.1) is 25.4 Å². The van der Waals surface area contributed by atoms with Gasteiger partial charge in [-0.15, -0.1) is 0 Å². The normalized spacial score (nSPS) is 32.6. The van der Waals surface area contributed by atoms with Crippen LogP contribution in [0.15, 0.2) is 12.2 Å². The molecule has 3 heteroatoms. The third-order valence-corrected chi connectivity index (χ3v) is 1.50. The Hall–Kier alpha value is -0.380. The van der Waals surface area contributed by atoms with Crippen molar-refractivity contribution in [1.82, 2.24) is 0 Å². The first-order valence-corrected chi connectivity index (χ1v) is 3.40. The van der Waals surface area contributed by atoms with Gasteiger partial charge in [0.2, 0.25) is 0 Å². The van der Waals surface area contributed by atoms with Crippen LogP contribution in [-0.4, -0.2) is 35.6 Å². The zero-order valence-corrected chi connectivity index (χ0v) is 5.73. The summed E-state index contributed by atoms with van der Waals surface area (Å²) >= 11 is 0. The molecule has 0 aromatic heterocycles. The molecule has 0 saturated carbocycles. The molecule has 0 saturated heterocycles. The van der Waals surface area contributed by atoms with E-state index in [0.29, 0.717) is 0 Å². The first-order valence-electron chi connectivity index (χ1n) is 3.40. The number of hydrogen-bond donors (Lipinski definition) is 2. The van der Waals surface area contributed by atoms with Crippen LogP contribution in [0.5, 0.6) is 0 Å². The van der Waals surface area contributed by atoms with Gasteiger partial charge in [0.1, 0.15) is 0 Å². The van der Waals surface area contributed by atoms with E-state index >= 15 is 0 Å². The summed E-state index contributed by atoms with van der Waals surface area (Å²) < 4.78 is 5.20. The van der Waals surface area contributed by atoms with Gasteiger partial charge in [0.15, 0.2) is 0 Å². The summed E-state index contributed by atoms with van der Waals surface area (Å²) in [6.45, 7) is 0.0217. The Morgan fingerprint density at radius 1 is 1.40 bits per heavy atom. The molecule has 0 aromatic rings. The van der Waals surface area contributed by atoms with E-state index in [-0.39, 0.29) is 25.4 Å². The second-order valence-corrected chi connectivity index (χ2v) is 2.33. The van der Waals surface area contributed by atoms with Crippen molar-refractivity contribution in [2.24, 2.45) is 0 Å². The molecule has 0 radical (unpaired) electrons. The standard InChI is InChI=1S/C7H12O3/c8-4-6-2-1-3-7(5-9)10-6/h1-2,6-9H,3-5H2. The van der Waals surface area contributed by atoms with Crippen LogP contribution in [0.2, 0.25) is 0 Å². The number of rotatable bonds is 2. The predicted molar refractivity (Wildman–Crippen MR) is 36.6 cm³/mol. The highest BCUT2D eigenvalue weighted by Crippen LogP contribution is 2.10.